The van der Waals surface area contributed by atoms with Gasteiger partial charge >= 0.3 is 0 Å². The molecule has 2 saturated carbocycles. The Morgan fingerprint density at radius 1 is 1.60 bits per heavy atom. The van der Waals surface area contributed by atoms with Crippen molar-refractivity contribution < 1.29 is 4.74 Å². The Morgan fingerprint density at radius 3 is 3.10 bits per heavy atom. The molecule has 5 heteroatoms. The summed E-state index contributed by atoms with van der Waals surface area (Å²) in [5, 5.41) is 8.23. The van der Waals surface area contributed by atoms with Crippen LogP contribution in [0.2, 0.25) is 0 Å². The largest absolute Gasteiger partial charge is 0.377 e. The molecular formula is C15H22BrN3O. The highest BCUT2D eigenvalue weighted by Gasteiger charge is 2.66. The van der Waals surface area contributed by atoms with Crippen molar-refractivity contribution in [2.75, 3.05) is 6.61 Å². The maximum atomic E-state index is 5.98. The SMILES string of the molecule is C[C@H](Cn1cc(Br)cn1)N[C@@H]1[C@H]2CCO[C@H]2C12CCC2. The van der Waals surface area contributed by atoms with Gasteiger partial charge in [0.25, 0.3) is 0 Å². The molecule has 4 atom stereocenters. The molecular weight excluding hydrogens is 318 g/mol. The summed E-state index contributed by atoms with van der Waals surface area (Å²) >= 11 is 3.45. The van der Waals surface area contributed by atoms with Gasteiger partial charge < -0.3 is 10.1 Å². The number of halogens is 1. The standard InChI is InChI=1S/C15H22BrN3O/c1-10(8-19-9-11(16)7-17-19)18-13-12-3-6-20-14(12)15(13)4-2-5-15/h7,9-10,12-14,18H,2-6,8H2,1H3/t10-,12-,13-,14-/m1/s1. The zero-order valence-corrected chi connectivity index (χ0v) is 13.5. The molecule has 1 aliphatic heterocycles. The highest BCUT2D eigenvalue weighted by atomic mass is 79.9. The van der Waals surface area contributed by atoms with Gasteiger partial charge in [-0.3, -0.25) is 4.68 Å². The highest BCUT2D eigenvalue weighted by Crippen LogP contribution is 2.62. The van der Waals surface area contributed by atoms with E-state index in [0.29, 0.717) is 23.6 Å². The van der Waals surface area contributed by atoms with Crippen molar-refractivity contribution in [1.29, 1.82) is 0 Å². The van der Waals surface area contributed by atoms with Gasteiger partial charge in [0.2, 0.25) is 0 Å². The first-order valence-corrected chi connectivity index (χ1v) is 8.54. The average Bonchev–Trinajstić information content (AvgIpc) is 2.92. The number of hydrogen-bond acceptors (Lipinski definition) is 3. The van der Waals surface area contributed by atoms with Crippen LogP contribution in [0.25, 0.3) is 0 Å². The summed E-state index contributed by atoms with van der Waals surface area (Å²) in [5.41, 5.74) is 0.472. The van der Waals surface area contributed by atoms with Crippen molar-refractivity contribution in [3.8, 4) is 0 Å². The second-order valence-corrected chi connectivity index (χ2v) is 7.67. The monoisotopic (exact) mass is 339 g/mol. The lowest BCUT2D eigenvalue weighted by molar-refractivity contribution is -0.178. The third-order valence-corrected chi connectivity index (χ3v) is 5.97. The summed E-state index contributed by atoms with van der Waals surface area (Å²) in [6, 6.07) is 1.11. The fourth-order valence-corrected chi connectivity index (χ4v) is 4.90. The summed E-state index contributed by atoms with van der Waals surface area (Å²) in [7, 11) is 0. The molecule has 1 aromatic rings. The van der Waals surface area contributed by atoms with Gasteiger partial charge in [-0.15, -0.1) is 0 Å². The summed E-state index contributed by atoms with van der Waals surface area (Å²) in [5.74, 6) is 0.752. The molecule has 110 valence electrons. The molecule has 4 rings (SSSR count). The van der Waals surface area contributed by atoms with Crippen LogP contribution in [0.15, 0.2) is 16.9 Å². The lowest BCUT2D eigenvalue weighted by Gasteiger charge is -2.64. The van der Waals surface area contributed by atoms with Gasteiger partial charge in [0.05, 0.1) is 23.3 Å². The molecule has 1 N–H and O–H groups in total. The molecule has 1 aromatic heterocycles. The van der Waals surface area contributed by atoms with Gasteiger partial charge in [-0.1, -0.05) is 6.42 Å². The van der Waals surface area contributed by atoms with Crippen LogP contribution in [0.1, 0.15) is 32.6 Å². The molecule has 20 heavy (non-hydrogen) atoms. The summed E-state index contributed by atoms with van der Waals surface area (Å²) in [6.45, 7) is 4.16. The fourth-order valence-electron chi connectivity index (χ4n) is 4.57. The van der Waals surface area contributed by atoms with Crippen molar-refractivity contribution in [1.82, 2.24) is 15.1 Å². The highest BCUT2D eigenvalue weighted by molar-refractivity contribution is 9.10. The summed E-state index contributed by atoms with van der Waals surface area (Å²) in [6.07, 6.45) is 9.77. The minimum absolute atomic E-state index is 0.450. The molecule has 3 fully saturated rings. The Kier molecular flexibility index (Phi) is 3.20. The Bertz CT molecular complexity index is 499. The van der Waals surface area contributed by atoms with E-state index in [4.69, 9.17) is 4.74 Å². The van der Waals surface area contributed by atoms with Gasteiger partial charge in [-0.05, 0) is 42.1 Å². The number of nitrogens with one attached hydrogen (secondary N) is 1. The van der Waals surface area contributed by atoms with Crippen molar-refractivity contribution in [2.24, 2.45) is 11.3 Å². The van der Waals surface area contributed by atoms with Crippen molar-refractivity contribution in [3.63, 3.8) is 0 Å². The molecule has 1 saturated heterocycles. The molecule has 0 radical (unpaired) electrons. The van der Waals surface area contributed by atoms with E-state index in [1.165, 1.54) is 25.7 Å². The number of aromatic nitrogens is 2. The van der Waals surface area contributed by atoms with Crippen LogP contribution in [0.4, 0.5) is 0 Å². The minimum Gasteiger partial charge on any atom is -0.377 e. The lowest BCUT2D eigenvalue weighted by Crippen LogP contribution is -2.72. The first-order chi connectivity index (χ1) is 9.69. The zero-order chi connectivity index (χ0) is 13.7. The summed E-state index contributed by atoms with van der Waals surface area (Å²) in [4.78, 5) is 0. The number of fused-ring (bicyclic) bond motifs is 2. The van der Waals surface area contributed by atoms with E-state index in [-0.39, 0.29) is 0 Å². The fraction of sp³-hybridized carbons (Fsp3) is 0.800. The van der Waals surface area contributed by atoms with Crippen molar-refractivity contribution >= 4 is 15.9 Å². The maximum absolute atomic E-state index is 5.98. The van der Waals surface area contributed by atoms with Crippen LogP contribution in [0, 0.1) is 11.3 Å². The van der Waals surface area contributed by atoms with E-state index < -0.39 is 0 Å². The first-order valence-electron chi connectivity index (χ1n) is 7.75. The maximum Gasteiger partial charge on any atom is 0.0690 e. The second-order valence-electron chi connectivity index (χ2n) is 6.76. The van der Waals surface area contributed by atoms with E-state index in [1.807, 2.05) is 17.1 Å². The predicted molar refractivity (Wildman–Crippen MR) is 80.4 cm³/mol. The molecule has 3 aliphatic rings. The Hall–Kier alpha value is -0.390. The quantitative estimate of drug-likeness (QED) is 0.916. The molecule has 0 bridgehead atoms. The van der Waals surface area contributed by atoms with Gasteiger partial charge in [0, 0.05) is 36.2 Å². The number of nitrogens with zero attached hydrogens (tertiary/aromatic N) is 2. The van der Waals surface area contributed by atoms with Crippen LogP contribution >= 0.6 is 15.9 Å². The van der Waals surface area contributed by atoms with Crippen LogP contribution in [0.3, 0.4) is 0 Å². The second kappa shape index (κ2) is 4.82. The third-order valence-electron chi connectivity index (χ3n) is 5.56. The molecule has 1 spiro atoms. The van der Waals surface area contributed by atoms with E-state index >= 15 is 0 Å². The van der Waals surface area contributed by atoms with Crippen molar-refractivity contribution in [2.45, 2.75) is 57.3 Å². The van der Waals surface area contributed by atoms with Gasteiger partial charge in [-0.2, -0.15) is 5.10 Å². The summed E-state index contributed by atoms with van der Waals surface area (Å²) < 4.78 is 9.04. The molecule has 0 aromatic carbocycles. The molecule has 4 nitrogen and oxygen atoms in total. The lowest BCUT2D eigenvalue weighted by atomic mass is 9.46. The number of hydrogen-bond donors (Lipinski definition) is 1. The first kappa shape index (κ1) is 13.3. The van der Waals surface area contributed by atoms with Crippen LogP contribution in [0.5, 0.6) is 0 Å². The van der Waals surface area contributed by atoms with E-state index in [9.17, 15) is 0 Å². The Morgan fingerprint density at radius 2 is 2.45 bits per heavy atom. The van der Waals surface area contributed by atoms with E-state index in [1.54, 1.807) is 0 Å². The topological polar surface area (TPSA) is 39.1 Å². The Balaban J connectivity index is 1.40. The van der Waals surface area contributed by atoms with Gasteiger partial charge in [-0.25, -0.2) is 0 Å². The van der Waals surface area contributed by atoms with E-state index in [0.717, 1.165) is 23.5 Å². The predicted octanol–water partition coefficient (Wildman–Crippen LogP) is 2.58. The molecule has 2 heterocycles. The average molecular weight is 340 g/mol. The number of ether oxygens (including phenoxy) is 1. The van der Waals surface area contributed by atoms with Crippen LogP contribution in [-0.4, -0.2) is 34.6 Å². The minimum atomic E-state index is 0.450. The normalized spacial score (nSPS) is 35.4. The molecule has 0 amide bonds. The van der Waals surface area contributed by atoms with Crippen molar-refractivity contribution in [3.05, 3.63) is 16.9 Å². The van der Waals surface area contributed by atoms with Crippen LogP contribution in [-0.2, 0) is 11.3 Å². The molecule has 2 aliphatic carbocycles. The van der Waals surface area contributed by atoms with Gasteiger partial charge in [0.1, 0.15) is 0 Å². The smallest absolute Gasteiger partial charge is 0.0690 e. The third kappa shape index (κ3) is 1.90. The number of rotatable bonds is 4. The van der Waals surface area contributed by atoms with E-state index in [2.05, 4.69) is 33.3 Å². The zero-order valence-electron chi connectivity index (χ0n) is 11.9. The van der Waals surface area contributed by atoms with Gasteiger partial charge in [0.15, 0.2) is 0 Å². The molecule has 0 unspecified atom stereocenters. The Labute approximate surface area is 128 Å². The van der Waals surface area contributed by atoms with Crippen LogP contribution < -0.4 is 5.32 Å².